The third-order valence-corrected chi connectivity index (χ3v) is 6.42. The number of hydrogen-bond donors (Lipinski definition) is 2. The van der Waals surface area contributed by atoms with E-state index in [9.17, 15) is 8.42 Å². The van der Waals surface area contributed by atoms with E-state index < -0.39 is 10.0 Å². The SMILES string of the molecule is CN=C(NCc1ccccc1CS(=O)(=O)NC(C)C)N1CCC(COCCOC)C1. The van der Waals surface area contributed by atoms with Crippen molar-refractivity contribution in [3.63, 3.8) is 0 Å². The molecule has 1 unspecified atom stereocenters. The molecule has 2 N–H and O–H groups in total. The van der Waals surface area contributed by atoms with Crippen LogP contribution < -0.4 is 10.0 Å². The van der Waals surface area contributed by atoms with Crippen molar-refractivity contribution in [1.29, 1.82) is 0 Å². The molecule has 1 aromatic carbocycles. The van der Waals surface area contributed by atoms with E-state index in [1.165, 1.54) is 0 Å². The van der Waals surface area contributed by atoms with Crippen LogP contribution in [0.3, 0.4) is 0 Å². The molecular formula is C21H36N4O4S. The van der Waals surface area contributed by atoms with Crippen LogP contribution in [-0.4, -0.2) is 72.4 Å². The van der Waals surface area contributed by atoms with Gasteiger partial charge < -0.3 is 19.7 Å². The van der Waals surface area contributed by atoms with Crippen molar-refractivity contribution in [2.75, 3.05) is 47.1 Å². The van der Waals surface area contributed by atoms with Gasteiger partial charge in [0, 0.05) is 45.8 Å². The first-order valence-electron chi connectivity index (χ1n) is 10.4. The number of nitrogens with one attached hydrogen (secondary N) is 2. The van der Waals surface area contributed by atoms with Gasteiger partial charge in [-0.3, -0.25) is 4.99 Å². The summed E-state index contributed by atoms with van der Waals surface area (Å²) in [4.78, 5) is 6.64. The number of guanidine groups is 1. The van der Waals surface area contributed by atoms with Gasteiger partial charge in [-0.15, -0.1) is 0 Å². The predicted octanol–water partition coefficient (Wildman–Crippen LogP) is 1.57. The molecule has 2 rings (SSSR count). The van der Waals surface area contributed by atoms with Crippen molar-refractivity contribution in [3.05, 3.63) is 35.4 Å². The van der Waals surface area contributed by atoms with E-state index in [2.05, 4.69) is 19.9 Å². The Hall–Kier alpha value is -1.68. The molecule has 0 radical (unpaired) electrons. The molecular weight excluding hydrogens is 404 g/mol. The molecule has 1 fully saturated rings. The smallest absolute Gasteiger partial charge is 0.216 e. The molecule has 0 spiro atoms. The number of ether oxygens (including phenoxy) is 2. The summed E-state index contributed by atoms with van der Waals surface area (Å²) in [5, 5.41) is 3.39. The Morgan fingerprint density at radius 3 is 2.67 bits per heavy atom. The average Bonchev–Trinajstić information content (AvgIpc) is 3.14. The lowest BCUT2D eigenvalue weighted by molar-refractivity contribution is 0.0536. The van der Waals surface area contributed by atoms with Crippen LogP contribution in [0.25, 0.3) is 0 Å². The van der Waals surface area contributed by atoms with Crippen LogP contribution in [0.4, 0.5) is 0 Å². The summed E-state index contributed by atoms with van der Waals surface area (Å²) in [6.07, 6.45) is 1.06. The van der Waals surface area contributed by atoms with Crippen LogP contribution >= 0.6 is 0 Å². The minimum atomic E-state index is -3.38. The van der Waals surface area contributed by atoms with E-state index in [1.807, 2.05) is 38.1 Å². The summed E-state index contributed by atoms with van der Waals surface area (Å²) in [6.45, 7) is 7.92. The van der Waals surface area contributed by atoms with Crippen LogP contribution in [0, 0.1) is 5.92 Å². The fraction of sp³-hybridized carbons (Fsp3) is 0.667. The highest BCUT2D eigenvalue weighted by Crippen LogP contribution is 2.17. The molecule has 1 heterocycles. The fourth-order valence-electron chi connectivity index (χ4n) is 3.54. The summed E-state index contributed by atoms with van der Waals surface area (Å²) in [5.41, 5.74) is 1.74. The Morgan fingerprint density at radius 1 is 1.27 bits per heavy atom. The number of rotatable bonds is 11. The molecule has 1 aliphatic heterocycles. The Balaban J connectivity index is 1.91. The predicted molar refractivity (Wildman–Crippen MR) is 120 cm³/mol. The summed E-state index contributed by atoms with van der Waals surface area (Å²) in [7, 11) is 0.0650. The van der Waals surface area contributed by atoms with Gasteiger partial charge in [0.05, 0.1) is 25.6 Å². The van der Waals surface area contributed by atoms with Crippen molar-refractivity contribution in [1.82, 2.24) is 14.9 Å². The molecule has 9 heteroatoms. The molecule has 170 valence electrons. The lowest BCUT2D eigenvalue weighted by Crippen LogP contribution is -2.40. The molecule has 30 heavy (non-hydrogen) atoms. The van der Waals surface area contributed by atoms with Crippen molar-refractivity contribution in [2.45, 2.75) is 38.6 Å². The monoisotopic (exact) mass is 440 g/mol. The highest BCUT2D eigenvalue weighted by Gasteiger charge is 2.25. The van der Waals surface area contributed by atoms with Gasteiger partial charge in [-0.1, -0.05) is 24.3 Å². The van der Waals surface area contributed by atoms with Gasteiger partial charge in [-0.25, -0.2) is 13.1 Å². The minimum absolute atomic E-state index is 0.0355. The van der Waals surface area contributed by atoms with Crippen LogP contribution in [-0.2, 0) is 31.8 Å². The Kier molecular flexibility index (Phi) is 10.0. The number of nitrogens with zero attached hydrogens (tertiary/aromatic N) is 2. The largest absolute Gasteiger partial charge is 0.382 e. The van der Waals surface area contributed by atoms with Gasteiger partial charge in [0.1, 0.15) is 0 Å². The van der Waals surface area contributed by atoms with E-state index in [0.717, 1.165) is 43.2 Å². The number of methoxy groups -OCH3 is 1. The van der Waals surface area contributed by atoms with Crippen LogP contribution in [0.15, 0.2) is 29.3 Å². The third-order valence-electron chi connectivity index (χ3n) is 4.90. The van der Waals surface area contributed by atoms with Crippen molar-refractivity contribution < 1.29 is 17.9 Å². The summed E-state index contributed by atoms with van der Waals surface area (Å²) in [6, 6.07) is 7.49. The number of sulfonamides is 1. The Bertz CT molecular complexity index is 783. The van der Waals surface area contributed by atoms with Crippen LogP contribution in [0.2, 0.25) is 0 Å². The van der Waals surface area contributed by atoms with Gasteiger partial charge in [-0.05, 0) is 31.4 Å². The molecule has 1 atom stereocenters. The molecule has 1 aromatic rings. The highest BCUT2D eigenvalue weighted by atomic mass is 32.2. The first-order valence-corrected chi connectivity index (χ1v) is 12.1. The normalized spacial score (nSPS) is 17.7. The van der Waals surface area contributed by atoms with Gasteiger partial charge in [0.25, 0.3) is 0 Å². The first kappa shape index (κ1) is 24.6. The zero-order chi connectivity index (χ0) is 22.0. The maximum absolute atomic E-state index is 12.3. The van der Waals surface area contributed by atoms with Gasteiger partial charge in [0.2, 0.25) is 10.0 Å². The standard InChI is InChI=1S/C21H36N4O4S/c1-17(2)24-30(26,27)16-20-8-6-5-7-19(20)13-23-21(22-3)25-10-9-18(14-25)15-29-12-11-28-4/h5-8,17-18,24H,9-16H2,1-4H3,(H,22,23). The number of hydrogen-bond acceptors (Lipinski definition) is 5. The van der Waals surface area contributed by atoms with Gasteiger partial charge >= 0.3 is 0 Å². The van der Waals surface area contributed by atoms with Gasteiger partial charge in [-0.2, -0.15) is 0 Å². The average molecular weight is 441 g/mol. The molecule has 8 nitrogen and oxygen atoms in total. The van der Waals surface area contributed by atoms with E-state index in [-0.39, 0.29) is 11.8 Å². The number of benzene rings is 1. The maximum Gasteiger partial charge on any atom is 0.216 e. The molecule has 0 aromatic heterocycles. The molecule has 0 saturated carbocycles. The third kappa shape index (κ3) is 8.22. The second kappa shape index (κ2) is 12.2. The van der Waals surface area contributed by atoms with Crippen LogP contribution in [0.1, 0.15) is 31.4 Å². The van der Waals surface area contributed by atoms with Crippen molar-refractivity contribution in [3.8, 4) is 0 Å². The summed E-state index contributed by atoms with van der Waals surface area (Å²) >= 11 is 0. The van der Waals surface area contributed by atoms with E-state index in [0.29, 0.717) is 25.7 Å². The molecule has 1 saturated heterocycles. The van der Waals surface area contributed by atoms with E-state index in [4.69, 9.17) is 9.47 Å². The Labute approximate surface area is 181 Å². The van der Waals surface area contributed by atoms with Crippen molar-refractivity contribution in [2.24, 2.45) is 10.9 Å². The second-order valence-corrected chi connectivity index (χ2v) is 9.62. The number of likely N-dealkylation sites (tertiary alicyclic amines) is 1. The van der Waals surface area contributed by atoms with E-state index >= 15 is 0 Å². The highest BCUT2D eigenvalue weighted by molar-refractivity contribution is 7.88. The van der Waals surface area contributed by atoms with Crippen molar-refractivity contribution >= 4 is 16.0 Å². The summed E-state index contributed by atoms with van der Waals surface area (Å²) in [5.74, 6) is 1.26. The number of aliphatic imine (C=N–C) groups is 1. The topological polar surface area (TPSA) is 92.3 Å². The zero-order valence-electron chi connectivity index (χ0n) is 18.6. The lowest BCUT2D eigenvalue weighted by atomic mass is 10.1. The fourth-order valence-corrected chi connectivity index (χ4v) is 5.03. The molecule has 1 aliphatic rings. The maximum atomic E-state index is 12.3. The molecule has 0 aliphatic carbocycles. The zero-order valence-corrected chi connectivity index (χ0v) is 19.4. The minimum Gasteiger partial charge on any atom is -0.382 e. The van der Waals surface area contributed by atoms with Crippen LogP contribution in [0.5, 0.6) is 0 Å². The Morgan fingerprint density at radius 2 is 2.00 bits per heavy atom. The lowest BCUT2D eigenvalue weighted by Gasteiger charge is -2.22. The summed E-state index contributed by atoms with van der Waals surface area (Å²) < 4.78 is 38.0. The molecule has 0 bridgehead atoms. The van der Waals surface area contributed by atoms with Gasteiger partial charge in [0.15, 0.2) is 5.96 Å². The second-order valence-electron chi connectivity index (χ2n) is 7.87. The first-order chi connectivity index (χ1) is 14.3. The van der Waals surface area contributed by atoms with E-state index in [1.54, 1.807) is 14.2 Å². The quantitative estimate of drug-likeness (QED) is 0.308. The molecule has 0 amide bonds.